The van der Waals surface area contributed by atoms with E-state index in [2.05, 4.69) is 20.5 Å². The number of H-pyrrole nitrogens is 1. The highest BCUT2D eigenvalue weighted by Gasteiger charge is 2.14. The summed E-state index contributed by atoms with van der Waals surface area (Å²) in [7, 11) is 0. The van der Waals surface area contributed by atoms with Gasteiger partial charge in [-0.25, -0.2) is 9.49 Å². The number of nitrogens with one attached hydrogen (secondary N) is 2. The molecule has 0 bridgehead atoms. The van der Waals surface area contributed by atoms with Crippen molar-refractivity contribution in [3.05, 3.63) is 52.3 Å². The van der Waals surface area contributed by atoms with Crippen molar-refractivity contribution < 1.29 is 4.39 Å². The number of benzene rings is 2. The smallest absolute Gasteiger partial charge is 0.248 e. The summed E-state index contributed by atoms with van der Waals surface area (Å²) in [5.74, 6) is 0.0692. The van der Waals surface area contributed by atoms with Crippen LogP contribution in [0.15, 0.2) is 36.4 Å². The van der Waals surface area contributed by atoms with Crippen LogP contribution in [-0.4, -0.2) is 15.2 Å². The molecule has 3 rings (SSSR count). The Morgan fingerprint density at radius 2 is 1.82 bits per heavy atom. The van der Waals surface area contributed by atoms with Crippen LogP contribution >= 0.6 is 23.2 Å². The first kappa shape index (κ1) is 14.6. The van der Waals surface area contributed by atoms with Crippen molar-refractivity contribution in [3.8, 4) is 11.1 Å². The topological polar surface area (TPSA) is 79.6 Å². The summed E-state index contributed by atoms with van der Waals surface area (Å²) in [5, 5.41) is 9.87. The molecule has 0 aliphatic carbocycles. The number of halogens is 3. The van der Waals surface area contributed by atoms with Crippen molar-refractivity contribution >= 4 is 40.8 Å². The van der Waals surface area contributed by atoms with Crippen LogP contribution in [0.2, 0.25) is 10.0 Å². The molecule has 0 aliphatic heterocycles. The van der Waals surface area contributed by atoms with Gasteiger partial charge in [-0.2, -0.15) is 4.98 Å². The van der Waals surface area contributed by atoms with Crippen LogP contribution < -0.4 is 11.1 Å². The van der Waals surface area contributed by atoms with E-state index in [0.717, 1.165) is 0 Å². The van der Waals surface area contributed by atoms with E-state index in [-0.39, 0.29) is 11.9 Å². The van der Waals surface area contributed by atoms with E-state index in [9.17, 15) is 4.39 Å². The molecule has 112 valence electrons. The third-order valence-corrected chi connectivity index (χ3v) is 3.54. The maximum absolute atomic E-state index is 13.9. The van der Waals surface area contributed by atoms with E-state index in [1.807, 2.05) is 0 Å². The van der Waals surface area contributed by atoms with Crippen molar-refractivity contribution in [2.75, 3.05) is 11.1 Å². The van der Waals surface area contributed by atoms with Crippen molar-refractivity contribution in [2.45, 2.75) is 0 Å². The third kappa shape index (κ3) is 2.84. The number of aromatic amines is 1. The second-order valence-corrected chi connectivity index (χ2v) is 5.28. The molecule has 0 atom stereocenters. The van der Waals surface area contributed by atoms with E-state index >= 15 is 0 Å². The monoisotopic (exact) mass is 337 g/mol. The lowest BCUT2D eigenvalue weighted by molar-refractivity contribution is 0.631. The van der Waals surface area contributed by atoms with E-state index in [0.29, 0.717) is 26.9 Å². The summed E-state index contributed by atoms with van der Waals surface area (Å²) in [4.78, 5) is 3.91. The molecule has 0 radical (unpaired) electrons. The molecule has 0 aliphatic rings. The van der Waals surface area contributed by atoms with Gasteiger partial charge in [0, 0.05) is 16.8 Å². The third-order valence-electron chi connectivity index (χ3n) is 2.94. The van der Waals surface area contributed by atoms with E-state index in [4.69, 9.17) is 28.9 Å². The van der Waals surface area contributed by atoms with Gasteiger partial charge in [-0.05, 0) is 18.2 Å². The SMILES string of the molecule is Nc1nc(Nc2cc(Cl)c(-c3ccccc3F)c(Cl)c2)n[nH]1. The molecule has 0 amide bonds. The van der Waals surface area contributed by atoms with Crippen molar-refractivity contribution in [3.63, 3.8) is 0 Å². The van der Waals surface area contributed by atoms with Crippen LogP contribution in [0.3, 0.4) is 0 Å². The van der Waals surface area contributed by atoms with E-state index in [1.54, 1.807) is 30.3 Å². The Hall–Kier alpha value is -2.31. The molecular weight excluding hydrogens is 328 g/mol. The summed E-state index contributed by atoms with van der Waals surface area (Å²) in [6, 6.07) is 9.51. The number of hydrogen-bond acceptors (Lipinski definition) is 4. The Bertz CT molecular complexity index is 811. The molecule has 4 N–H and O–H groups in total. The zero-order valence-electron chi connectivity index (χ0n) is 11.1. The van der Waals surface area contributed by atoms with Crippen LogP contribution in [0.5, 0.6) is 0 Å². The van der Waals surface area contributed by atoms with E-state index < -0.39 is 5.82 Å². The highest BCUT2D eigenvalue weighted by Crippen LogP contribution is 2.38. The molecule has 8 heteroatoms. The average molecular weight is 338 g/mol. The fourth-order valence-electron chi connectivity index (χ4n) is 2.03. The first-order valence-electron chi connectivity index (χ1n) is 6.23. The molecular formula is C14H10Cl2FN5. The van der Waals surface area contributed by atoms with Gasteiger partial charge in [-0.15, -0.1) is 5.10 Å². The average Bonchev–Trinajstić information content (AvgIpc) is 2.85. The fraction of sp³-hybridized carbons (Fsp3) is 0. The zero-order valence-corrected chi connectivity index (χ0v) is 12.6. The van der Waals surface area contributed by atoms with Gasteiger partial charge in [-0.3, -0.25) is 0 Å². The van der Waals surface area contributed by atoms with Crippen LogP contribution in [0, 0.1) is 5.82 Å². The van der Waals surface area contributed by atoms with E-state index in [1.165, 1.54) is 6.07 Å². The summed E-state index contributed by atoms with van der Waals surface area (Å²) in [6.07, 6.45) is 0. The number of rotatable bonds is 3. The summed E-state index contributed by atoms with van der Waals surface area (Å²) >= 11 is 12.5. The minimum absolute atomic E-state index is 0.183. The normalized spacial score (nSPS) is 10.7. The lowest BCUT2D eigenvalue weighted by Gasteiger charge is -2.11. The molecule has 2 aromatic carbocycles. The van der Waals surface area contributed by atoms with Gasteiger partial charge in [0.05, 0.1) is 10.0 Å². The quantitative estimate of drug-likeness (QED) is 0.667. The number of anilines is 3. The number of nitrogens with two attached hydrogens (primary N) is 1. The molecule has 22 heavy (non-hydrogen) atoms. The molecule has 1 heterocycles. The van der Waals surface area contributed by atoms with Gasteiger partial charge in [0.25, 0.3) is 0 Å². The maximum Gasteiger partial charge on any atom is 0.248 e. The van der Waals surface area contributed by atoms with Crippen molar-refractivity contribution in [1.29, 1.82) is 0 Å². The maximum atomic E-state index is 13.9. The summed E-state index contributed by atoms with van der Waals surface area (Å²) in [5.41, 5.74) is 6.78. The standard InChI is InChI=1S/C14H10Cl2FN5/c15-9-5-7(19-14-20-13(18)21-22-14)6-10(16)12(9)8-3-1-2-4-11(8)17/h1-6H,(H4,18,19,20,21,22). The Morgan fingerprint density at radius 1 is 1.14 bits per heavy atom. The fourth-order valence-corrected chi connectivity index (χ4v) is 2.72. The minimum Gasteiger partial charge on any atom is -0.368 e. The number of aromatic nitrogens is 3. The molecule has 0 unspecified atom stereocenters. The van der Waals surface area contributed by atoms with Crippen LogP contribution in [0.25, 0.3) is 11.1 Å². The Kier molecular flexibility index (Phi) is 3.87. The van der Waals surface area contributed by atoms with Gasteiger partial charge in [-0.1, -0.05) is 41.4 Å². The van der Waals surface area contributed by atoms with Gasteiger partial charge in [0.15, 0.2) is 0 Å². The predicted octanol–water partition coefficient (Wildman–Crippen LogP) is 4.24. The van der Waals surface area contributed by atoms with Gasteiger partial charge >= 0.3 is 0 Å². The van der Waals surface area contributed by atoms with Gasteiger partial charge < -0.3 is 11.1 Å². The first-order valence-corrected chi connectivity index (χ1v) is 6.99. The molecule has 1 aromatic heterocycles. The molecule has 0 fully saturated rings. The minimum atomic E-state index is -0.395. The van der Waals surface area contributed by atoms with Gasteiger partial charge in [0.1, 0.15) is 5.82 Å². The lowest BCUT2D eigenvalue weighted by atomic mass is 10.0. The second-order valence-electron chi connectivity index (χ2n) is 4.46. The van der Waals surface area contributed by atoms with Crippen LogP contribution in [0.4, 0.5) is 22.0 Å². The largest absolute Gasteiger partial charge is 0.368 e. The molecule has 0 saturated carbocycles. The first-order chi connectivity index (χ1) is 10.5. The second kappa shape index (κ2) is 5.82. The predicted molar refractivity (Wildman–Crippen MR) is 85.9 cm³/mol. The molecule has 5 nitrogen and oxygen atoms in total. The number of nitrogen functional groups attached to an aromatic ring is 1. The molecule has 0 saturated heterocycles. The van der Waals surface area contributed by atoms with Crippen molar-refractivity contribution in [2.24, 2.45) is 0 Å². The van der Waals surface area contributed by atoms with Crippen molar-refractivity contribution in [1.82, 2.24) is 15.2 Å². The molecule has 0 spiro atoms. The highest BCUT2D eigenvalue weighted by molar-refractivity contribution is 6.39. The Labute approximate surface area is 135 Å². The Balaban J connectivity index is 2.00. The van der Waals surface area contributed by atoms with Crippen LogP contribution in [-0.2, 0) is 0 Å². The van der Waals surface area contributed by atoms with Crippen LogP contribution in [0.1, 0.15) is 0 Å². The van der Waals surface area contributed by atoms with Gasteiger partial charge in [0.2, 0.25) is 11.9 Å². The Morgan fingerprint density at radius 3 is 2.41 bits per heavy atom. The zero-order chi connectivity index (χ0) is 15.7. The number of nitrogens with zero attached hydrogens (tertiary/aromatic N) is 2. The summed E-state index contributed by atoms with van der Waals surface area (Å²) in [6.45, 7) is 0. The highest BCUT2D eigenvalue weighted by atomic mass is 35.5. The number of hydrogen-bond donors (Lipinski definition) is 3. The summed E-state index contributed by atoms with van der Waals surface area (Å²) < 4.78 is 13.9. The lowest BCUT2D eigenvalue weighted by Crippen LogP contribution is -1.95. The molecule has 3 aromatic rings.